The van der Waals surface area contributed by atoms with Crippen LogP contribution in [0, 0.1) is 0 Å². The van der Waals surface area contributed by atoms with Gasteiger partial charge in [-0.25, -0.2) is 14.6 Å². The van der Waals surface area contributed by atoms with Crippen molar-refractivity contribution in [2.75, 3.05) is 12.0 Å². The molecular weight excluding hydrogens is 276 g/mol. The molecule has 0 amide bonds. The van der Waals surface area contributed by atoms with Crippen LogP contribution < -0.4 is 5.73 Å². The van der Waals surface area contributed by atoms with Crippen molar-refractivity contribution < 1.29 is 4.63 Å². The summed E-state index contributed by atoms with van der Waals surface area (Å²) in [4.78, 5) is 8.96. The Bertz CT molecular complexity index is 790. The van der Waals surface area contributed by atoms with Gasteiger partial charge in [0.1, 0.15) is 5.52 Å². The molecule has 1 fully saturated rings. The Morgan fingerprint density at radius 1 is 1.40 bits per heavy atom. The Morgan fingerprint density at radius 3 is 2.90 bits per heavy atom. The first-order valence-electron chi connectivity index (χ1n) is 6.28. The van der Waals surface area contributed by atoms with Crippen LogP contribution in [-0.2, 0) is 0 Å². The summed E-state index contributed by atoms with van der Waals surface area (Å²) in [6, 6.07) is 2.50. The summed E-state index contributed by atoms with van der Waals surface area (Å²) in [6.07, 6.45) is 6.07. The van der Waals surface area contributed by atoms with E-state index in [0.717, 1.165) is 28.9 Å². The van der Waals surface area contributed by atoms with Gasteiger partial charge < -0.3 is 10.3 Å². The van der Waals surface area contributed by atoms with Crippen molar-refractivity contribution in [3.05, 3.63) is 12.3 Å². The van der Waals surface area contributed by atoms with E-state index in [1.165, 1.54) is 0 Å². The number of rotatable bonds is 3. The lowest BCUT2D eigenvalue weighted by atomic mass is 10.4. The number of nitrogen functional groups attached to an aromatic ring is 1. The molecule has 8 heteroatoms. The summed E-state index contributed by atoms with van der Waals surface area (Å²) in [5, 5.41) is 8.48. The summed E-state index contributed by atoms with van der Waals surface area (Å²) >= 11 is 1.61. The molecule has 2 N–H and O–H groups in total. The molecule has 1 aliphatic rings. The number of nitrogens with two attached hydrogens (primary N) is 1. The van der Waals surface area contributed by atoms with Crippen molar-refractivity contribution in [1.29, 1.82) is 0 Å². The first-order valence-corrected chi connectivity index (χ1v) is 7.51. The van der Waals surface area contributed by atoms with Gasteiger partial charge in [-0.05, 0) is 35.5 Å². The van der Waals surface area contributed by atoms with E-state index in [2.05, 4.69) is 30.9 Å². The highest BCUT2D eigenvalue weighted by Gasteiger charge is 2.30. The second-order valence-electron chi connectivity index (χ2n) is 4.75. The Kier molecular flexibility index (Phi) is 2.46. The van der Waals surface area contributed by atoms with Crippen LogP contribution in [0.3, 0.4) is 0 Å². The molecule has 0 radical (unpaired) electrons. The lowest BCUT2D eigenvalue weighted by Crippen LogP contribution is -2.00. The standard InChI is InChI=1S/C12H12N6OS/c1-20-9-4-8-7(5-14-9)15-12(18(8)6-2-3-6)10-11(13)17-19-16-10/h4-6H,2-3H2,1H3,(H2,13,17). The van der Waals surface area contributed by atoms with Crippen LogP contribution in [0.2, 0.25) is 0 Å². The Balaban J connectivity index is 2.01. The molecule has 0 saturated heterocycles. The first kappa shape index (κ1) is 11.7. The van der Waals surface area contributed by atoms with E-state index in [4.69, 9.17) is 10.4 Å². The number of thioether (sulfide) groups is 1. The maximum absolute atomic E-state index is 5.80. The average molecular weight is 288 g/mol. The molecule has 3 aromatic heterocycles. The quantitative estimate of drug-likeness (QED) is 0.737. The molecule has 3 heterocycles. The summed E-state index contributed by atoms with van der Waals surface area (Å²) in [6.45, 7) is 0. The molecule has 0 unspecified atom stereocenters. The van der Waals surface area contributed by atoms with Gasteiger partial charge in [-0.15, -0.1) is 11.8 Å². The van der Waals surface area contributed by atoms with Crippen LogP contribution in [-0.4, -0.2) is 31.1 Å². The summed E-state index contributed by atoms with van der Waals surface area (Å²) < 4.78 is 6.87. The maximum atomic E-state index is 5.80. The number of hydrogen-bond donors (Lipinski definition) is 1. The van der Waals surface area contributed by atoms with Crippen molar-refractivity contribution in [2.45, 2.75) is 23.9 Å². The fraction of sp³-hybridized carbons (Fsp3) is 0.333. The molecular formula is C12H12N6OS. The number of hydrogen-bond acceptors (Lipinski definition) is 7. The molecule has 1 saturated carbocycles. The highest BCUT2D eigenvalue weighted by Crippen LogP contribution is 2.41. The zero-order chi connectivity index (χ0) is 13.7. The number of anilines is 1. The second-order valence-corrected chi connectivity index (χ2v) is 5.58. The van der Waals surface area contributed by atoms with Crippen LogP contribution in [0.1, 0.15) is 18.9 Å². The molecule has 1 aliphatic carbocycles. The second kappa shape index (κ2) is 4.20. The van der Waals surface area contributed by atoms with Gasteiger partial charge in [0.25, 0.3) is 0 Å². The topological polar surface area (TPSA) is 95.7 Å². The zero-order valence-corrected chi connectivity index (χ0v) is 11.6. The number of fused-ring (bicyclic) bond motifs is 1. The summed E-state index contributed by atoms with van der Waals surface area (Å²) in [7, 11) is 0. The van der Waals surface area contributed by atoms with Gasteiger partial charge in [-0.1, -0.05) is 0 Å². The van der Waals surface area contributed by atoms with E-state index in [0.29, 0.717) is 17.6 Å². The number of imidazole rings is 1. The molecule has 0 aliphatic heterocycles. The molecule has 0 spiro atoms. The third-order valence-corrected chi connectivity index (χ3v) is 4.04. The largest absolute Gasteiger partial charge is 0.379 e. The smallest absolute Gasteiger partial charge is 0.199 e. The van der Waals surface area contributed by atoms with Gasteiger partial charge in [0.2, 0.25) is 0 Å². The van der Waals surface area contributed by atoms with Gasteiger partial charge in [0.15, 0.2) is 17.3 Å². The highest BCUT2D eigenvalue weighted by atomic mass is 32.2. The lowest BCUT2D eigenvalue weighted by molar-refractivity contribution is 0.310. The van der Waals surface area contributed by atoms with Crippen molar-refractivity contribution in [3.63, 3.8) is 0 Å². The van der Waals surface area contributed by atoms with E-state index >= 15 is 0 Å². The van der Waals surface area contributed by atoms with E-state index in [1.54, 1.807) is 18.0 Å². The predicted molar refractivity (Wildman–Crippen MR) is 75.3 cm³/mol. The van der Waals surface area contributed by atoms with Crippen LogP contribution in [0.4, 0.5) is 5.82 Å². The third-order valence-electron chi connectivity index (χ3n) is 3.40. The van der Waals surface area contributed by atoms with Crippen molar-refractivity contribution >= 4 is 28.6 Å². The van der Waals surface area contributed by atoms with Gasteiger partial charge in [0, 0.05) is 6.04 Å². The zero-order valence-electron chi connectivity index (χ0n) is 10.8. The fourth-order valence-corrected chi connectivity index (χ4v) is 2.70. The van der Waals surface area contributed by atoms with Crippen LogP contribution in [0.5, 0.6) is 0 Å². The minimum Gasteiger partial charge on any atom is -0.379 e. The Labute approximate surface area is 118 Å². The van der Waals surface area contributed by atoms with Crippen molar-refractivity contribution in [3.8, 4) is 11.5 Å². The van der Waals surface area contributed by atoms with E-state index < -0.39 is 0 Å². The lowest BCUT2D eigenvalue weighted by Gasteiger charge is -2.05. The molecule has 3 aromatic rings. The maximum Gasteiger partial charge on any atom is 0.199 e. The normalized spacial score (nSPS) is 15.1. The monoisotopic (exact) mass is 288 g/mol. The Hall–Kier alpha value is -2.09. The molecule has 102 valence electrons. The molecule has 0 aromatic carbocycles. The van der Waals surface area contributed by atoms with Crippen LogP contribution >= 0.6 is 11.8 Å². The minimum absolute atomic E-state index is 0.264. The number of aromatic nitrogens is 5. The molecule has 4 rings (SSSR count). The van der Waals surface area contributed by atoms with Crippen molar-refractivity contribution in [2.24, 2.45) is 0 Å². The van der Waals surface area contributed by atoms with Crippen LogP contribution in [0.25, 0.3) is 22.6 Å². The van der Waals surface area contributed by atoms with Gasteiger partial charge in [0.05, 0.1) is 16.7 Å². The van der Waals surface area contributed by atoms with E-state index in [-0.39, 0.29) is 5.82 Å². The van der Waals surface area contributed by atoms with Gasteiger partial charge >= 0.3 is 0 Å². The molecule has 20 heavy (non-hydrogen) atoms. The van der Waals surface area contributed by atoms with Crippen molar-refractivity contribution in [1.82, 2.24) is 24.8 Å². The fourth-order valence-electron chi connectivity index (χ4n) is 2.31. The SMILES string of the molecule is CSc1cc2c(cn1)nc(-c1nonc1N)n2C1CC1. The number of pyridine rings is 1. The Morgan fingerprint density at radius 2 is 2.25 bits per heavy atom. The summed E-state index contributed by atoms with van der Waals surface area (Å²) in [5.41, 5.74) is 8.20. The number of nitrogens with zero attached hydrogens (tertiary/aromatic N) is 5. The van der Waals surface area contributed by atoms with Gasteiger partial charge in [-0.3, -0.25) is 0 Å². The third kappa shape index (κ3) is 1.68. The molecule has 7 nitrogen and oxygen atoms in total. The predicted octanol–water partition coefficient (Wildman–Crippen LogP) is 2.12. The first-order chi connectivity index (χ1) is 9.78. The van der Waals surface area contributed by atoms with Crippen LogP contribution in [0.15, 0.2) is 21.9 Å². The molecule has 0 bridgehead atoms. The van der Waals surface area contributed by atoms with Gasteiger partial charge in [-0.2, -0.15) is 0 Å². The highest BCUT2D eigenvalue weighted by molar-refractivity contribution is 7.98. The van der Waals surface area contributed by atoms with E-state index in [1.807, 2.05) is 6.26 Å². The average Bonchev–Trinajstić information content (AvgIpc) is 3.10. The molecule has 0 atom stereocenters. The van der Waals surface area contributed by atoms with E-state index in [9.17, 15) is 0 Å². The summed E-state index contributed by atoms with van der Waals surface area (Å²) in [5.74, 6) is 0.974. The minimum atomic E-state index is 0.264.